The summed E-state index contributed by atoms with van der Waals surface area (Å²) in [4.78, 5) is 0. The van der Waals surface area contributed by atoms with Gasteiger partial charge in [0, 0.05) is 7.05 Å². The monoisotopic (exact) mass is 287 g/mol. The Kier molecular flexibility index (Phi) is 4.99. The van der Waals surface area contributed by atoms with Crippen LogP contribution in [0.1, 0.15) is 25.2 Å². The summed E-state index contributed by atoms with van der Waals surface area (Å²) in [5, 5.41) is 7.66. The molecule has 1 aromatic rings. The van der Waals surface area contributed by atoms with E-state index in [2.05, 4.69) is 40.2 Å². The molecule has 1 aromatic heterocycles. The molecule has 1 N–H and O–H groups in total. The topological polar surface area (TPSA) is 29.9 Å². The average Bonchev–Trinajstić information content (AvgIpc) is 2.45. The van der Waals surface area contributed by atoms with Gasteiger partial charge in [0.05, 0.1) is 15.9 Å². The van der Waals surface area contributed by atoms with Crippen molar-refractivity contribution in [2.45, 2.75) is 27.2 Å². The van der Waals surface area contributed by atoms with Gasteiger partial charge >= 0.3 is 0 Å². The van der Waals surface area contributed by atoms with E-state index in [1.165, 1.54) is 10.2 Å². The zero-order valence-corrected chi connectivity index (χ0v) is 12.4. The smallest absolute Gasteiger partial charge is 0.0738 e. The fourth-order valence-electron chi connectivity index (χ4n) is 1.93. The minimum Gasteiger partial charge on any atom is -0.319 e. The molecule has 0 bridgehead atoms. The molecule has 0 aliphatic carbocycles. The van der Waals surface area contributed by atoms with Gasteiger partial charge in [-0.3, -0.25) is 4.68 Å². The van der Waals surface area contributed by atoms with Crippen molar-refractivity contribution in [3.63, 3.8) is 0 Å². The standard InChI is InChI=1S/C12H22BrN3/c1-8(9(2)7-14-4)6-11-12(13)10(3)15-16(11)5/h8-9,14H,6-7H2,1-5H3. The van der Waals surface area contributed by atoms with Crippen molar-refractivity contribution in [1.29, 1.82) is 0 Å². The molecule has 2 unspecified atom stereocenters. The third-order valence-electron chi connectivity index (χ3n) is 3.27. The first-order valence-corrected chi connectivity index (χ1v) is 6.59. The minimum absolute atomic E-state index is 0.651. The summed E-state index contributed by atoms with van der Waals surface area (Å²) in [5.74, 6) is 1.32. The summed E-state index contributed by atoms with van der Waals surface area (Å²) in [5.41, 5.74) is 2.37. The van der Waals surface area contributed by atoms with Gasteiger partial charge in [0.15, 0.2) is 0 Å². The number of aromatic nitrogens is 2. The van der Waals surface area contributed by atoms with Crippen LogP contribution < -0.4 is 5.32 Å². The van der Waals surface area contributed by atoms with Gasteiger partial charge in [-0.2, -0.15) is 5.10 Å². The van der Waals surface area contributed by atoms with Gasteiger partial charge in [-0.15, -0.1) is 0 Å². The largest absolute Gasteiger partial charge is 0.319 e. The van der Waals surface area contributed by atoms with Crippen molar-refractivity contribution in [2.75, 3.05) is 13.6 Å². The van der Waals surface area contributed by atoms with E-state index in [9.17, 15) is 0 Å². The highest BCUT2D eigenvalue weighted by Gasteiger charge is 2.17. The predicted octanol–water partition coefficient (Wildman–Crippen LogP) is 2.53. The lowest BCUT2D eigenvalue weighted by Gasteiger charge is -2.19. The number of rotatable bonds is 5. The van der Waals surface area contributed by atoms with E-state index in [1.54, 1.807) is 0 Å². The molecule has 0 aliphatic rings. The number of aryl methyl sites for hydroxylation is 2. The molecule has 2 atom stereocenters. The molecule has 1 heterocycles. The number of halogens is 1. The molecular formula is C12H22BrN3. The van der Waals surface area contributed by atoms with Crippen LogP contribution in [0.4, 0.5) is 0 Å². The third-order valence-corrected chi connectivity index (χ3v) is 4.31. The van der Waals surface area contributed by atoms with Gasteiger partial charge in [-0.25, -0.2) is 0 Å². The second kappa shape index (κ2) is 5.82. The van der Waals surface area contributed by atoms with Crippen molar-refractivity contribution in [2.24, 2.45) is 18.9 Å². The SMILES string of the molecule is CNCC(C)C(C)Cc1c(Br)c(C)nn1C. The molecule has 3 nitrogen and oxygen atoms in total. The summed E-state index contributed by atoms with van der Waals surface area (Å²) in [6.07, 6.45) is 1.07. The fourth-order valence-corrected chi connectivity index (χ4v) is 2.43. The van der Waals surface area contributed by atoms with Crippen LogP contribution in [0, 0.1) is 18.8 Å². The van der Waals surface area contributed by atoms with Crippen LogP contribution in [0.25, 0.3) is 0 Å². The van der Waals surface area contributed by atoms with E-state index in [0.717, 1.165) is 18.7 Å². The van der Waals surface area contributed by atoms with Gasteiger partial charge in [-0.05, 0) is 54.7 Å². The first-order valence-electron chi connectivity index (χ1n) is 5.80. The molecule has 0 spiro atoms. The fraction of sp³-hybridized carbons (Fsp3) is 0.750. The van der Waals surface area contributed by atoms with Crippen LogP contribution in [0.15, 0.2) is 4.47 Å². The summed E-state index contributed by atoms with van der Waals surface area (Å²) in [6, 6.07) is 0. The van der Waals surface area contributed by atoms with Gasteiger partial charge in [0.25, 0.3) is 0 Å². The van der Waals surface area contributed by atoms with E-state index in [4.69, 9.17) is 0 Å². The molecule has 0 saturated carbocycles. The quantitative estimate of drug-likeness (QED) is 0.902. The summed E-state index contributed by atoms with van der Waals surface area (Å²) in [7, 11) is 4.02. The Morgan fingerprint density at radius 1 is 1.38 bits per heavy atom. The summed E-state index contributed by atoms with van der Waals surface area (Å²) in [6.45, 7) is 7.69. The summed E-state index contributed by atoms with van der Waals surface area (Å²) < 4.78 is 3.15. The van der Waals surface area contributed by atoms with Crippen LogP contribution in [0.3, 0.4) is 0 Å². The van der Waals surface area contributed by atoms with Crippen LogP contribution in [-0.2, 0) is 13.5 Å². The first kappa shape index (κ1) is 13.7. The molecule has 92 valence electrons. The lowest BCUT2D eigenvalue weighted by Crippen LogP contribution is -2.23. The first-order chi connectivity index (χ1) is 7.47. The Bertz CT molecular complexity index is 346. The van der Waals surface area contributed by atoms with E-state index in [1.807, 2.05) is 25.7 Å². The maximum absolute atomic E-state index is 4.42. The van der Waals surface area contributed by atoms with E-state index in [-0.39, 0.29) is 0 Å². The summed E-state index contributed by atoms with van der Waals surface area (Å²) >= 11 is 3.62. The zero-order valence-electron chi connectivity index (χ0n) is 10.8. The lowest BCUT2D eigenvalue weighted by atomic mass is 9.91. The van der Waals surface area contributed by atoms with E-state index < -0.39 is 0 Å². The Morgan fingerprint density at radius 3 is 2.44 bits per heavy atom. The number of nitrogens with one attached hydrogen (secondary N) is 1. The molecule has 0 radical (unpaired) electrons. The van der Waals surface area contributed by atoms with Crippen molar-refractivity contribution >= 4 is 15.9 Å². The normalized spacial score (nSPS) is 15.1. The van der Waals surface area contributed by atoms with Gasteiger partial charge in [-0.1, -0.05) is 13.8 Å². The lowest BCUT2D eigenvalue weighted by molar-refractivity contribution is 0.367. The second-order valence-electron chi connectivity index (χ2n) is 4.69. The Hall–Kier alpha value is -0.350. The maximum atomic E-state index is 4.42. The van der Waals surface area contributed by atoms with Crippen LogP contribution >= 0.6 is 15.9 Å². The Morgan fingerprint density at radius 2 is 2.00 bits per heavy atom. The predicted molar refractivity (Wildman–Crippen MR) is 71.6 cm³/mol. The maximum Gasteiger partial charge on any atom is 0.0738 e. The molecule has 4 heteroatoms. The minimum atomic E-state index is 0.651. The number of nitrogens with zero attached hydrogens (tertiary/aromatic N) is 2. The van der Waals surface area contributed by atoms with Gasteiger partial charge in [0.1, 0.15) is 0 Å². The third kappa shape index (κ3) is 3.08. The Balaban J connectivity index is 2.72. The van der Waals surface area contributed by atoms with Crippen molar-refractivity contribution in [3.05, 3.63) is 15.9 Å². The van der Waals surface area contributed by atoms with Crippen molar-refractivity contribution in [3.8, 4) is 0 Å². The molecule has 0 fully saturated rings. The number of hydrogen-bond donors (Lipinski definition) is 1. The van der Waals surface area contributed by atoms with E-state index in [0.29, 0.717) is 11.8 Å². The van der Waals surface area contributed by atoms with Gasteiger partial charge in [0.2, 0.25) is 0 Å². The van der Waals surface area contributed by atoms with E-state index >= 15 is 0 Å². The second-order valence-corrected chi connectivity index (χ2v) is 5.48. The highest BCUT2D eigenvalue weighted by molar-refractivity contribution is 9.10. The van der Waals surface area contributed by atoms with Crippen LogP contribution in [0.5, 0.6) is 0 Å². The highest BCUT2D eigenvalue weighted by Crippen LogP contribution is 2.25. The molecule has 0 aliphatic heterocycles. The Labute approximate surface area is 107 Å². The molecule has 0 aromatic carbocycles. The van der Waals surface area contributed by atoms with Crippen molar-refractivity contribution < 1.29 is 0 Å². The van der Waals surface area contributed by atoms with Crippen LogP contribution in [0.2, 0.25) is 0 Å². The number of hydrogen-bond acceptors (Lipinski definition) is 2. The average molecular weight is 288 g/mol. The van der Waals surface area contributed by atoms with Crippen LogP contribution in [-0.4, -0.2) is 23.4 Å². The molecule has 0 saturated heterocycles. The molecular weight excluding hydrogens is 266 g/mol. The molecule has 1 rings (SSSR count). The van der Waals surface area contributed by atoms with Crippen molar-refractivity contribution in [1.82, 2.24) is 15.1 Å². The van der Waals surface area contributed by atoms with Gasteiger partial charge < -0.3 is 5.32 Å². The highest BCUT2D eigenvalue weighted by atomic mass is 79.9. The zero-order chi connectivity index (χ0) is 12.3. The molecule has 0 amide bonds. The molecule has 16 heavy (non-hydrogen) atoms.